The topological polar surface area (TPSA) is 104 Å². The summed E-state index contributed by atoms with van der Waals surface area (Å²) in [6.07, 6.45) is 3.00. The third kappa shape index (κ3) is 5.57. The van der Waals surface area contributed by atoms with Crippen molar-refractivity contribution in [2.45, 2.75) is 36.8 Å². The second-order valence-electron chi connectivity index (χ2n) is 5.54. The average molecular weight is 396 g/mol. The largest absolute Gasteiger partial charge is 0.278 e. The predicted octanol–water partition coefficient (Wildman–Crippen LogP) is 2.89. The van der Waals surface area contributed by atoms with E-state index < -0.39 is 15.9 Å². The normalized spacial score (nSPS) is 11.0. The molecular weight excluding hydrogens is 374 g/mol. The minimum atomic E-state index is -3.77. The minimum absolute atomic E-state index is 0.112. The maximum Gasteiger partial charge on any atom is 0.271 e. The molecule has 1 aromatic heterocycles. The van der Waals surface area contributed by atoms with Crippen molar-refractivity contribution in [2.24, 2.45) is 0 Å². The third-order valence-corrected chi connectivity index (χ3v) is 6.26. The van der Waals surface area contributed by atoms with Gasteiger partial charge >= 0.3 is 0 Å². The molecule has 0 fully saturated rings. The van der Waals surface area contributed by atoms with Crippen molar-refractivity contribution in [3.8, 4) is 0 Å². The number of hydrogen-bond acceptors (Lipinski definition) is 5. The lowest BCUT2D eigenvalue weighted by Crippen LogP contribution is -2.41. The Morgan fingerprint density at radius 3 is 2.50 bits per heavy atom. The quantitative estimate of drug-likeness (QED) is 0.472. The second kappa shape index (κ2) is 9.35. The van der Waals surface area contributed by atoms with Crippen LogP contribution in [0.25, 0.3) is 0 Å². The molecule has 0 radical (unpaired) electrons. The Morgan fingerprint density at radius 2 is 1.81 bits per heavy atom. The van der Waals surface area contributed by atoms with Gasteiger partial charge in [0.05, 0.1) is 11.3 Å². The fraction of sp³-hybridized carbons (Fsp3) is 0.294. The molecule has 2 amide bonds. The molecule has 2 aromatic rings. The molecule has 26 heavy (non-hydrogen) atoms. The number of thiophene rings is 1. The molecule has 0 aliphatic carbocycles. The fourth-order valence-corrected chi connectivity index (χ4v) is 4.25. The Labute approximate surface area is 156 Å². The lowest BCUT2D eigenvalue weighted by molar-refractivity contribution is -0.121. The average Bonchev–Trinajstić information content (AvgIpc) is 3.16. The van der Waals surface area contributed by atoms with Crippen molar-refractivity contribution in [1.29, 1.82) is 0 Å². The van der Waals surface area contributed by atoms with Crippen molar-refractivity contribution in [1.82, 2.24) is 10.9 Å². The van der Waals surface area contributed by atoms with Crippen molar-refractivity contribution in [3.63, 3.8) is 0 Å². The number of para-hydroxylation sites is 1. The molecule has 140 valence electrons. The van der Waals surface area contributed by atoms with Gasteiger partial charge in [-0.15, -0.1) is 11.3 Å². The van der Waals surface area contributed by atoms with Gasteiger partial charge in [0, 0.05) is 6.42 Å². The van der Waals surface area contributed by atoms with Gasteiger partial charge < -0.3 is 0 Å². The van der Waals surface area contributed by atoms with Crippen LogP contribution in [0.1, 0.15) is 43.0 Å². The van der Waals surface area contributed by atoms with E-state index >= 15 is 0 Å². The molecule has 0 saturated carbocycles. The first-order valence-electron chi connectivity index (χ1n) is 8.18. The van der Waals surface area contributed by atoms with E-state index in [-0.39, 0.29) is 21.4 Å². The minimum Gasteiger partial charge on any atom is -0.278 e. The summed E-state index contributed by atoms with van der Waals surface area (Å²) in [5.41, 5.74) is 4.91. The van der Waals surface area contributed by atoms with Crippen LogP contribution in [0.5, 0.6) is 0 Å². The molecule has 1 aromatic carbocycles. The maximum absolute atomic E-state index is 12.3. The van der Waals surface area contributed by atoms with Gasteiger partial charge in [0.15, 0.2) is 0 Å². The highest BCUT2D eigenvalue weighted by atomic mass is 32.2. The Bertz CT molecular complexity index is 849. The van der Waals surface area contributed by atoms with Crippen LogP contribution < -0.4 is 15.6 Å². The molecule has 0 aliphatic heterocycles. The molecular formula is C17H21N3O4S2. The number of carbonyl (C=O) groups excluding carboxylic acids is 2. The first kappa shape index (κ1) is 19.9. The van der Waals surface area contributed by atoms with E-state index in [4.69, 9.17) is 0 Å². The maximum atomic E-state index is 12.3. The van der Waals surface area contributed by atoms with Crippen LogP contribution in [-0.2, 0) is 14.8 Å². The van der Waals surface area contributed by atoms with Crippen molar-refractivity contribution in [3.05, 3.63) is 47.3 Å². The molecule has 0 bridgehead atoms. The van der Waals surface area contributed by atoms with Crippen LogP contribution >= 0.6 is 11.3 Å². The predicted molar refractivity (Wildman–Crippen MR) is 101 cm³/mol. The highest BCUT2D eigenvalue weighted by Gasteiger charge is 2.19. The Kier molecular flexibility index (Phi) is 7.16. The van der Waals surface area contributed by atoms with E-state index in [2.05, 4.69) is 15.6 Å². The molecule has 2 rings (SSSR count). The Morgan fingerprint density at radius 1 is 1.04 bits per heavy atom. The highest BCUT2D eigenvalue weighted by Crippen LogP contribution is 2.22. The van der Waals surface area contributed by atoms with Crippen molar-refractivity contribution in [2.75, 3.05) is 4.72 Å². The summed E-state index contributed by atoms with van der Waals surface area (Å²) in [6, 6.07) is 9.30. The van der Waals surface area contributed by atoms with E-state index in [0.717, 1.165) is 30.6 Å². The number of rotatable bonds is 8. The van der Waals surface area contributed by atoms with E-state index in [0.29, 0.717) is 6.42 Å². The third-order valence-electron chi connectivity index (χ3n) is 3.50. The molecule has 3 N–H and O–H groups in total. The lowest BCUT2D eigenvalue weighted by atomic mass is 10.2. The smallest absolute Gasteiger partial charge is 0.271 e. The van der Waals surface area contributed by atoms with Crippen LogP contribution in [0.3, 0.4) is 0 Å². The summed E-state index contributed by atoms with van der Waals surface area (Å²) >= 11 is 1.08. The zero-order valence-electron chi connectivity index (χ0n) is 14.3. The number of amides is 2. The van der Waals surface area contributed by atoms with Gasteiger partial charge in [-0.05, 0) is 30.0 Å². The number of hydrogen-bond donors (Lipinski definition) is 3. The zero-order valence-corrected chi connectivity index (χ0v) is 16.0. The van der Waals surface area contributed by atoms with Gasteiger partial charge in [0.2, 0.25) is 5.91 Å². The van der Waals surface area contributed by atoms with Crippen LogP contribution in [0.15, 0.2) is 46.0 Å². The number of unbranched alkanes of at least 4 members (excludes halogenated alkanes) is 2. The zero-order chi connectivity index (χ0) is 19.0. The summed E-state index contributed by atoms with van der Waals surface area (Å²) in [5, 5.41) is 1.65. The number of sulfonamides is 1. The number of anilines is 1. The van der Waals surface area contributed by atoms with Crippen LogP contribution in [0, 0.1) is 0 Å². The standard InChI is InChI=1S/C17H21N3O4S2/c1-2-3-4-10-15(21)18-19-17(22)13-8-5-6-9-14(13)20-26(23,24)16-11-7-12-25-16/h5-9,11-12,20H,2-4,10H2,1H3,(H,18,21)(H,19,22). The van der Waals surface area contributed by atoms with Crippen LogP contribution in [-0.4, -0.2) is 20.2 Å². The molecule has 0 aliphatic rings. The van der Waals surface area contributed by atoms with Gasteiger partial charge in [0.1, 0.15) is 4.21 Å². The first-order valence-corrected chi connectivity index (χ1v) is 10.5. The Balaban J connectivity index is 2.04. The van der Waals surface area contributed by atoms with Crippen LogP contribution in [0.2, 0.25) is 0 Å². The van der Waals surface area contributed by atoms with Crippen molar-refractivity contribution < 1.29 is 18.0 Å². The van der Waals surface area contributed by atoms with Gasteiger partial charge in [0.25, 0.3) is 15.9 Å². The number of hydrazine groups is 1. The summed E-state index contributed by atoms with van der Waals surface area (Å²) in [7, 11) is -3.77. The first-order chi connectivity index (χ1) is 12.4. The molecule has 7 nitrogen and oxygen atoms in total. The molecule has 0 spiro atoms. The van der Waals surface area contributed by atoms with E-state index in [9.17, 15) is 18.0 Å². The molecule has 0 saturated heterocycles. The Hall–Kier alpha value is -2.39. The van der Waals surface area contributed by atoms with E-state index in [1.807, 2.05) is 6.92 Å². The monoisotopic (exact) mass is 395 g/mol. The van der Waals surface area contributed by atoms with Crippen molar-refractivity contribution >= 4 is 38.9 Å². The molecule has 0 unspecified atom stereocenters. The number of carbonyl (C=O) groups is 2. The van der Waals surface area contributed by atoms with Gasteiger partial charge in [-0.2, -0.15) is 0 Å². The van der Waals surface area contributed by atoms with E-state index in [1.165, 1.54) is 18.2 Å². The summed E-state index contributed by atoms with van der Waals surface area (Å²) in [5.74, 6) is -0.887. The fourth-order valence-electron chi connectivity index (χ4n) is 2.17. The highest BCUT2D eigenvalue weighted by molar-refractivity contribution is 7.94. The van der Waals surface area contributed by atoms with E-state index in [1.54, 1.807) is 23.6 Å². The van der Waals surface area contributed by atoms with Gasteiger partial charge in [-0.3, -0.25) is 25.2 Å². The summed E-state index contributed by atoms with van der Waals surface area (Å²) in [6.45, 7) is 2.04. The molecule has 0 atom stereocenters. The molecule has 9 heteroatoms. The summed E-state index contributed by atoms with van der Waals surface area (Å²) < 4.78 is 27.3. The number of benzene rings is 1. The second-order valence-corrected chi connectivity index (χ2v) is 8.40. The SMILES string of the molecule is CCCCCC(=O)NNC(=O)c1ccccc1NS(=O)(=O)c1cccs1. The van der Waals surface area contributed by atoms with Gasteiger partial charge in [-0.1, -0.05) is 38.0 Å². The lowest BCUT2D eigenvalue weighted by Gasteiger charge is -2.12. The number of nitrogens with one attached hydrogen (secondary N) is 3. The summed E-state index contributed by atoms with van der Waals surface area (Å²) in [4.78, 5) is 24.0. The molecule has 1 heterocycles. The van der Waals surface area contributed by atoms with Crippen LogP contribution in [0.4, 0.5) is 5.69 Å². The van der Waals surface area contributed by atoms with Gasteiger partial charge in [-0.25, -0.2) is 8.42 Å².